The van der Waals surface area contributed by atoms with Crippen molar-refractivity contribution in [1.82, 2.24) is 10.7 Å². The Morgan fingerprint density at radius 2 is 1.67 bits per heavy atom. The van der Waals surface area contributed by atoms with Gasteiger partial charge in [0, 0.05) is 6.54 Å². The highest BCUT2D eigenvalue weighted by Gasteiger charge is 2.25. The first kappa shape index (κ1) is 19.2. The van der Waals surface area contributed by atoms with Gasteiger partial charge in [-0.15, -0.1) is 0 Å². The number of benzene rings is 3. The summed E-state index contributed by atoms with van der Waals surface area (Å²) in [7, 11) is 0. The van der Waals surface area contributed by atoms with Gasteiger partial charge in [-0.3, -0.25) is 20.0 Å². The SMILES string of the molecule is O=C(NCc1cccc(Oc2ccccc2)c1)C1=NCC(=O)N(c2ccccc2)N1. The van der Waals surface area contributed by atoms with Crippen molar-refractivity contribution < 1.29 is 14.3 Å². The summed E-state index contributed by atoms with van der Waals surface area (Å²) >= 11 is 0. The van der Waals surface area contributed by atoms with Crippen LogP contribution in [0.15, 0.2) is 89.9 Å². The van der Waals surface area contributed by atoms with E-state index in [1.165, 1.54) is 5.01 Å². The van der Waals surface area contributed by atoms with Crippen LogP contribution >= 0.6 is 0 Å². The van der Waals surface area contributed by atoms with Crippen molar-refractivity contribution >= 4 is 23.3 Å². The molecule has 30 heavy (non-hydrogen) atoms. The van der Waals surface area contributed by atoms with Gasteiger partial charge in [-0.05, 0) is 42.0 Å². The normalized spacial score (nSPS) is 13.3. The van der Waals surface area contributed by atoms with E-state index in [0.29, 0.717) is 18.0 Å². The van der Waals surface area contributed by atoms with Crippen molar-refractivity contribution in [2.45, 2.75) is 6.54 Å². The van der Waals surface area contributed by atoms with E-state index in [2.05, 4.69) is 15.7 Å². The Hall–Kier alpha value is -4.13. The maximum atomic E-state index is 12.6. The second kappa shape index (κ2) is 8.91. The van der Waals surface area contributed by atoms with Gasteiger partial charge in [-0.1, -0.05) is 48.5 Å². The van der Waals surface area contributed by atoms with E-state index in [0.717, 1.165) is 11.3 Å². The molecule has 150 valence electrons. The lowest BCUT2D eigenvalue weighted by Gasteiger charge is -2.27. The summed E-state index contributed by atoms with van der Waals surface area (Å²) in [6, 6.07) is 26.0. The number of hydrogen-bond donors (Lipinski definition) is 2. The molecule has 0 spiro atoms. The molecule has 0 bridgehead atoms. The minimum Gasteiger partial charge on any atom is -0.457 e. The number of ether oxygens (including phenoxy) is 1. The van der Waals surface area contributed by atoms with Gasteiger partial charge < -0.3 is 10.1 Å². The third kappa shape index (κ3) is 4.64. The Balaban J connectivity index is 1.38. The average molecular weight is 400 g/mol. The molecule has 7 nitrogen and oxygen atoms in total. The van der Waals surface area contributed by atoms with Crippen molar-refractivity contribution in [3.05, 3.63) is 90.5 Å². The second-order valence-corrected chi connectivity index (χ2v) is 6.59. The minimum atomic E-state index is -0.391. The van der Waals surface area contributed by atoms with Gasteiger partial charge >= 0.3 is 0 Å². The van der Waals surface area contributed by atoms with Crippen LogP contribution in [0.3, 0.4) is 0 Å². The molecule has 2 N–H and O–H groups in total. The maximum Gasteiger partial charge on any atom is 0.288 e. The zero-order chi connectivity index (χ0) is 20.8. The maximum absolute atomic E-state index is 12.6. The molecule has 3 aromatic rings. The van der Waals surface area contributed by atoms with Gasteiger partial charge in [0.05, 0.1) is 5.69 Å². The molecule has 0 aliphatic carbocycles. The summed E-state index contributed by atoms with van der Waals surface area (Å²) in [5.41, 5.74) is 4.32. The van der Waals surface area contributed by atoms with E-state index in [4.69, 9.17) is 4.74 Å². The van der Waals surface area contributed by atoms with Crippen molar-refractivity contribution in [3.63, 3.8) is 0 Å². The Bertz CT molecular complexity index is 1070. The molecule has 1 aliphatic heterocycles. The van der Waals surface area contributed by atoms with Gasteiger partial charge in [0.2, 0.25) is 5.84 Å². The lowest BCUT2D eigenvalue weighted by Crippen LogP contribution is -2.55. The lowest BCUT2D eigenvalue weighted by molar-refractivity contribution is -0.118. The molecule has 0 saturated carbocycles. The van der Waals surface area contributed by atoms with E-state index in [9.17, 15) is 9.59 Å². The molecule has 0 fully saturated rings. The fourth-order valence-corrected chi connectivity index (χ4v) is 2.94. The molecule has 0 unspecified atom stereocenters. The van der Waals surface area contributed by atoms with Gasteiger partial charge in [0.25, 0.3) is 11.8 Å². The fraction of sp³-hybridized carbons (Fsp3) is 0.0870. The fourth-order valence-electron chi connectivity index (χ4n) is 2.94. The molecule has 0 aromatic heterocycles. The third-order valence-electron chi connectivity index (χ3n) is 4.40. The monoisotopic (exact) mass is 400 g/mol. The molecule has 3 aromatic carbocycles. The number of amidine groups is 1. The second-order valence-electron chi connectivity index (χ2n) is 6.59. The van der Waals surface area contributed by atoms with E-state index < -0.39 is 5.91 Å². The number of rotatable bonds is 6. The van der Waals surface area contributed by atoms with Crippen molar-refractivity contribution in [2.75, 3.05) is 11.6 Å². The zero-order valence-corrected chi connectivity index (χ0v) is 16.1. The van der Waals surface area contributed by atoms with Crippen molar-refractivity contribution in [1.29, 1.82) is 0 Å². The first-order valence-corrected chi connectivity index (χ1v) is 9.48. The van der Waals surface area contributed by atoms with Gasteiger partial charge in [-0.2, -0.15) is 0 Å². The van der Waals surface area contributed by atoms with Gasteiger partial charge in [-0.25, -0.2) is 5.01 Å². The van der Waals surface area contributed by atoms with E-state index >= 15 is 0 Å². The Kier molecular flexibility index (Phi) is 5.70. The quantitative estimate of drug-likeness (QED) is 0.666. The van der Waals surface area contributed by atoms with E-state index in [1.807, 2.05) is 72.8 Å². The topological polar surface area (TPSA) is 83.0 Å². The molecular weight excluding hydrogens is 380 g/mol. The predicted molar refractivity (Wildman–Crippen MR) is 114 cm³/mol. The zero-order valence-electron chi connectivity index (χ0n) is 16.1. The van der Waals surface area contributed by atoms with Crippen LogP contribution in [-0.4, -0.2) is 24.2 Å². The number of nitrogens with zero attached hydrogens (tertiary/aromatic N) is 2. The summed E-state index contributed by atoms with van der Waals surface area (Å²) in [5.74, 6) is 0.892. The van der Waals surface area contributed by atoms with Crippen LogP contribution in [0.5, 0.6) is 11.5 Å². The first-order chi connectivity index (χ1) is 14.7. The molecule has 0 radical (unpaired) electrons. The van der Waals surface area contributed by atoms with E-state index in [1.54, 1.807) is 12.1 Å². The highest BCUT2D eigenvalue weighted by Crippen LogP contribution is 2.21. The number of hydrazine groups is 1. The molecule has 2 amide bonds. The molecule has 4 rings (SSSR count). The number of anilines is 1. The third-order valence-corrected chi connectivity index (χ3v) is 4.40. The molecular formula is C23H20N4O3. The average Bonchev–Trinajstić information content (AvgIpc) is 2.79. The van der Waals surface area contributed by atoms with Crippen LogP contribution in [-0.2, 0) is 16.1 Å². The summed E-state index contributed by atoms with van der Waals surface area (Å²) in [6.07, 6.45) is 0. The number of aliphatic imine (C=N–C) groups is 1. The van der Waals surface area contributed by atoms with Crippen LogP contribution in [0.4, 0.5) is 5.69 Å². The molecule has 7 heteroatoms. The van der Waals surface area contributed by atoms with Crippen LogP contribution in [0, 0.1) is 0 Å². The first-order valence-electron chi connectivity index (χ1n) is 9.48. The Labute approximate surface area is 174 Å². The predicted octanol–water partition coefficient (Wildman–Crippen LogP) is 3.05. The molecule has 1 heterocycles. The number of carbonyl (C=O) groups is 2. The van der Waals surface area contributed by atoms with Crippen LogP contribution in [0.1, 0.15) is 5.56 Å². The molecule has 0 atom stereocenters. The summed E-state index contributed by atoms with van der Waals surface area (Å²) in [4.78, 5) is 28.7. The summed E-state index contributed by atoms with van der Waals surface area (Å²) in [5, 5.41) is 4.15. The molecule has 0 saturated heterocycles. The van der Waals surface area contributed by atoms with Crippen molar-refractivity contribution in [2.24, 2.45) is 4.99 Å². The number of amides is 2. The Morgan fingerprint density at radius 3 is 2.43 bits per heavy atom. The number of nitrogens with one attached hydrogen (secondary N) is 2. The number of carbonyl (C=O) groups excluding carboxylic acids is 2. The van der Waals surface area contributed by atoms with Crippen LogP contribution in [0.25, 0.3) is 0 Å². The summed E-state index contributed by atoms with van der Waals surface area (Å²) < 4.78 is 5.82. The van der Waals surface area contributed by atoms with Gasteiger partial charge in [0.15, 0.2) is 0 Å². The highest BCUT2D eigenvalue weighted by atomic mass is 16.5. The van der Waals surface area contributed by atoms with E-state index in [-0.39, 0.29) is 18.3 Å². The smallest absolute Gasteiger partial charge is 0.288 e. The highest BCUT2D eigenvalue weighted by molar-refractivity contribution is 6.39. The van der Waals surface area contributed by atoms with Crippen molar-refractivity contribution in [3.8, 4) is 11.5 Å². The lowest BCUT2D eigenvalue weighted by atomic mass is 10.2. The Morgan fingerprint density at radius 1 is 0.967 bits per heavy atom. The summed E-state index contributed by atoms with van der Waals surface area (Å²) in [6.45, 7) is 0.204. The number of hydrogen-bond acceptors (Lipinski definition) is 5. The van der Waals surface area contributed by atoms with Crippen LogP contribution < -0.4 is 20.5 Å². The standard InChI is InChI=1S/C23H20N4O3/c28-21-16-24-22(26-27(21)18-9-3-1-4-10-18)23(29)25-15-17-8-7-13-20(14-17)30-19-11-5-2-6-12-19/h1-14H,15-16H2,(H,24,26)(H,25,29). The minimum absolute atomic E-state index is 0.0922. The number of para-hydroxylation sites is 2. The van der Waals surface area contributed by atoms with Gasteiger partial charge in [0.1, 0.15) is 18.0 Å². The molecule has 1 aliphatic rings. The van der Waals surface area contributed by atoms with Crippen LogP contribution in [0.2, 0.25) is 0 Å². The largest absolute Gasteiger partial charge is 0.457 e.